The molecule has 1 amide bonds. The number of halogens is 2. The standard InChI is InChI=1S/C13H15BrClNO2/c14-11-2-1-10(7-12(11)17)13(18)16-5-3-9(8-15)4-6-16/h1-2,7,9,17H,3-6,8H2. The monoisotopic (exact) mass is 331 g/mol. The average Bonchev–Trinajstić information content (AvgIpc) is 2.41. The molecule has 1 heterocycles. The fraction of sp³-hybridized carbons (Fsp3) is 0.462. The molecule has 0 radical (unpaired) electrons. The Hall–Kier alpha value is -0.740. The number of aromatic hydroxyl groups is 1. The largest absolute Gasteiger partial charge is 0.507 e. The zero-order chi connectivity index (χ0) is 13.1. The third kappa shape index (κ3) is 2.98. The van der Waals surface area contributed by atoms with E-state index < -0.39 is 0 Å². The lowest BCUT2D eigenvalue weighted by molar-refractivity contribution is 0.0698. The van der Waals surface area contributed by atoms with Crippen molar-refractivity contribution in [3.8, 4) is 5.75 Å². The van der Waals surface area contributed by atoms with E-state index in [4.69, 9.17) is 11.6 Å². The van der Waals surface area contributed by atoms with Crippen LogP contribution in [0, 0.1) is 5.92 Å². The third-order valence-electron chi connectivity index (χ3n) is 3.31. The van der Waals surface area contributed by atoms with Crippen LogP contribution in [0.15, 0.2) is 22.7 Å². The summed E-state index contributed by atoms with van der Waals surface area (Å²) < 4.78 is 0.597. The molecule has 98 valence electrons. The summed E-state index contributed by atoms with van der Waals surface area (Å²) in [4.78, 5) is 14.0. The first-order valence-electron chi connectivity index (χ1n) is 5.95. The van der Waals surface area contributed by atoms with Crippen molar-refractivity contribution in [3.05, 3.63) is 28.2 Å². The predicted octanol–water partition coefficient (Wildman–Crippen LogP) is 3.25. The molecule has 0 saturated carbocycles. The molecule has 3 nitrogen and oxygen atoms in total. The number of rotatable bonds is 2. The molecular weight excluding hydrogens is 318 g/mol. The Morgan fingerprint density at radius 2 is 2.11 bits per heavy atom. The lowest BCUT2D eigenvalue weighted by Crippen LogP contribution is -2.38. The van der Waals surface area contributed by atoms with Gasteiger partial charge in [0.15, 0.2) is 0 Å². The normalized spacial score (nSPS) is 16.9. The van der Waals surface area contributed by atoms with Crippen LogP contribution in [0.5, 0.6) is 5.75 Å². The van der Waals surface area contributed by atoms with Crippen molar-refractivity contribution in [2.75, 3.05) is 19.0 Å². The molecule has 1 aromatic carbocycles. The molecule has 1 aliphatic rings. The minimum absolute atomic E-state index is 0.0224. The summed E-state index contributed by atoms with van der Waals surface area (Å²) in [7, 11) is 0. The van der Waals surface area contributed by atoms with Crippen LogP contribution >= 0.6 is 27.5 Å². The third-order valence-corrected chi connectivity index (χ3v) is 4.42. The molecule has 1 aromatic rings. The summed E-state index contributed by atoms with van der Waals surface area (Å²) in [6, 6.07) is 4.91. The van der Waals surface area contributed by atoms with E-state index in [1.807, 2.05) is 4.90 Å². The molecule has 0 bridgehead atoms. The van der Waals surface area contributed by atoms with Crippen molar-refractivity contribution in [2.24, 2.45) is 5.92 Å². The molecule has 0 atom stereocenters. The Balaban J connectivity index is 2.05. The maximum absolute atomic E-state index is 12.2. The molecule has 0 unspecified atom stereocenters. The Morgan fingerprint density at radius 1 is 1.44 bits per heavy atom. The maximum atomic E-state index is 12.2. The summed E-state index contributed by atoms with van der Waals surface area (Å²) >= 11 is 9.02. The second-order valence-electron chi connectivity index (χ2n) is 4.56. The fourth-order valence-electron chi connectivity index (χ4n) is 2.12. The summed E-state index contributed by atoms with van der Waals surface area (Å²) in [6.07, 6.45) is 1.91. The fourth-order valence-corrected chi connectivity index (χ4v) is 2.67. The summed E-state index contributed by atoms with van der Waals surface area (Å²) in [6.45, 7) is 1.49. The molecule has 1 fully saturated rings. The molecule has 1 N–H and O–H groups in total. The number of phenols is 1. The molecule has 1 aliphatic heterocycles. The van der Waals surface area contributed by atoms with E-state index in [2.05, 4.69) is 15.9 Å². The number of hydrogen-bond donors (Lipinski definition) is 1. The van der Waals surface area contributed by atoms with Gasteiger partial charge in [0, 0.05) is 24.5 Å². The van der Waals surface area contributed by atoms with E-state index in [0.29, 0.717) is 21.8 Å². The number of likely N-dealkylation sites (tertiary alicyclic amines) is 1. The van der Waals surface area contributed by atoms with E-state index in [0.717, 1.165) is 25.9 Å². The van der Waals surface area contributed by atoms with Gasteiger partial charge in [-0.1, -0.05) is 0 Å². The molecular formula is C13H15BrClNO2. The topological polar surface area (TPSA) is 40.5 Å². The zero-order valence-corrected chi connectivity index (χ0v) is 12.2. The number of piperidine rings is 1. The highest BCUT2D eigenvalue weighted by Gasteiger charge is 2.23. The first-order chi connectivity index (χ1) is 8.61. The molecule has 5 heteroatoms. The highest BCUT2D eigenvalue weighted by molar-refractivity contribution is 9.10. The van der Waals surface area contributed by atoms with Gasteiger partial charge in [-0.25, -0.2) is 0 Å². The van der Waals surface area contributed by atoms with E-state index in [9.17, 15) is 9.90 Å². The Morgan fingerprint density at radius 3 is 2.67 bits per heavy atom. The van der Waals surface area contributed by atoms with Gasteiger partial charge in [0.1, 0.15) is 5.75 Å². The van der Waals surface area contributed by atoms with Gasteiger partial charge in [-0.15, -0.1) is 11.6 Å². The number of benzene rings is 1. The Labute approximate surface area is 120 Å². The van der Waals surface area contributed by atoms with Gasteiger partial charge in [-0.2, -0.15) is 0 Å². The maximum Gasteiger partial charge on any atom is 0.253 e. The minimum Gasteiger partial charge on any atom is -0.507 e. The van der Waals surface area contributed by atoms with Gasteiger partial charge in [0.2, 0.25) is 0 Å². The van der Waals surface area contributed by atoms with Crippen LogP contribution < -0.4 is 0 Å². The predicted molar refractivity (Wildman–Crippen MR) is 75.2 cm³/mol. The first-order valence-corrected chi connectivity index (χ1v) is 7.28. The van der Waals surface area contributed by atoms with Crippen LogP contribution in [0.3, 0.4) is 0 Å². The van der Waals surface area contributed by atoms with Gasteiger partial charge in [0.05, 0.1) is 4.47 Å². The van der Waals surface area contributed by atoms with Crippen LogP contribution in [-0.2, 0) is 0 Å². The van der Waals surface area contributed by atoms with Crippen molar-refractivity contribution in [1.29, 1.82) is 0 Å². The van der Waals surface area contributed by atoms with Gasteiger partial charge in [-0.3, -0.25) is 4.79 Å². The molecule has 2 rings (SSSR count). The van der Waals surface area contributed by atoms with Crippen molar-refractivity contribution in [3.63, 3.8) is 0 Å². The highest BCUT2D eigenvalue weighted by Crippen LogP contribution is 2.26. The minimum atomic E-state index is -0.0224. The van der Waals surface area contributed by atoms with Crippen LogP contribution in [0.25, 0.3) is 0 Å². The SMILES string of the molecule is O=C(c1ccc(Br)c(O)c1)N1CCC(CCl)CC1. The number of phenolic OH excluding ortho intramolecular Hbond substituents is 1. The van der Waals surface area contributed by atoms with Crippen LogP contribution in [0.2, 0.25) is 0 Å². The quantitative estimate of drug-likeness (QED) is 0.845. The summed E-state index contributed by atoms with van der Waals surface area (Å²) in [5, 5.41) is 9.59. The van der Waals surface area contributed by atoms with Crippen molar-refractivity contribution in [2.45, 2.75) is 12.8 Å². The molecule has 0 aromatic heterocycles. The van der Waals surface area contributed by atoms with Crippen LogP contribution in [0.4, 0.5) is 0 Å². The Kier molecular flexibility index (Phi) is 4.51. The van der Waals surface area contributed by atoms with E-state index >= 15 is 0 Å². The average molecular weight is 333 g/mol. The van der Waals surface area contributed by atoms with E-state index in [-0.39, 0.29) is 11.7 Å². The van der Waals surface area contributed by atoms with Gasteiger partial charge >= 0.3 is 0 Å². The van der Waals surface area contributed by atoms with E-state index in [1.165, 1.54) is 6.07 Å². The Bertz CT molecular complexity index is 445. The van der Waals surface area contributed by atoms with Crippen LogP contribution in [0.1, 0.15) is 23.2 Å². The lowest BCUT2D eigenvalue weighted by Gasteiger charge is -2.31. The number of nitrogens with zero attached hydrogens (tertiary/aromatic N) is 1. The van der Waals surface area contributed by atoms with Gasteiger partial charge in [-0.05, 0) is 52.9 Å². The number of amides is 1. The molecule has 1 saturated heterocycles. The van der Waals surface area contributed by atoms with E-state index in [1.54, 1.807) is 12.1 Å². The van der Waals surface area contributed by atoms with Gasteiger partial charge < -0.3 is 10.0 Å². The van der Waals surface area contributed by atoms with Crippen molar-refractivity contribution in [1.82, 2.24) is 4.90 Å². The molecule has 0 spiro atoms. The number of carbonyl (C=O) groups is 1. The number of carbonyl (C=O) groups excluding carboxylic acids is 1. The van der Waals surface area contributed by atoms with Gasteiger partial charge in [0.25, 0.3) is 5.91 Å². The summed E-state index contributed by atoms with van der Waals surface area (Å²) in [5.74, 6) is 1.26. The second kappa shape index (κ2) is 5.93. The highest BCUT2D eigenvalue weighted by atomic mass is 79.9. The first kappa shape index (κ1) is 13.7. The van der Waals surface area contributed by atoms with Crippen molar-refractivity contribution < 1.29 is 9.90 Å². The number of hydrogen-bond acceptors (Lipinski definition) is 2. The molecule has 0 aliphatic carbocycles. The van der Waals surface area contributed by atoms with Crippen molar-refractivity contribution >= 4 is 33.4 Å². The zero-order valence-electron chi connectivity index (χ0n) is 9.90. The van der Waals surface area contributed by atoms with Crippen LogP contribution in [-0.4, -0.2) is 34.9 Å². The number of alkyl halides is 1. The lowest BCUT2D eigenvalue weighted by atomic mass is 9.98. The smallest absolute Gasteiger partial charge is 0.253 e. The summed E-state index contributed by atoms with van der Waals surface area (Å²) in [5.41, 5.74) is 0.528. The molecule has 18 heavy (non-hydrogen) atoms. The second-order valence-corrected chi connectivity index (χ2v) is 5.72.